The number of hydrogen-bond acceptors (Lipinski definition) is 5. The number of carbonyl (C=O) groups excluding carboxylic acids is 3. The minimum atomic E-state index is -0.919. The van der Waals surface area contributed by atoms with Crippen LogP contribution in [0.2, 0.25) is 0 Å². The fourth-order valence-corrected chi connectivity index (χ4v) is 2.81. The number of para-hydroxylation sites is 1. The average molecular weight is 399 g/mol. The van der Waals surface area contributed by atoms with Crippen molar-refractivity contribution in [2.75, 3.05) is 23.4 Å². The molecule has 0 aliphatic carbocycles. The summed E-state index contributed by atoms with van der Waals surface area (Å²) in [6.45, 7) is 3.35. The maximum absolute atomic E-state index is 12.7. The molecular formula is C21H25N3O5. The van der Waals surface area contributed by atoms with Gasteiger partial charge in [0.1, 0.15) is 12.3 Å². The lowest BCUT2D eigenvalue weighted by atomic mass is 10.0. The summed E-state index contributed by atoms with van der Waals surface area (Å²) in [6, 6.07) is 13.6. The Morgan fingerprint density at radius 3 is 2.41 bits per heavy atom. The van der Waals surface area contributed by atoms with Crippen molar-refractivity contribution < 1.29 is 24.2 Å². The van der Waals surface area contributed by atoms with E-state index in [0.29, 0.717) is 11.4 Å². The minimum absolute atomic E-state index is 0.0305. The van der Waals surface area contributed by atoms with Crippen LogP contribution in [0.5, 0.6) is 5.75 Å². The summed E-state index contributed by atoms with van der Waals surface area (Å²) in [5, 5.41) is 11.9. The van der Waals surface area contributed by atoms with Gasteiger partial charge >= 0.3 is 6.09 Å². The Hall–Kier alpha value is -3.39. The molecule has 2 aromatic rings. The highest BCUT2D eigenvalue weighted by atomic mass is 16.5. The number of nitrogens with one attached hydrogen (secondary N) is 1. The van der Waals surface area contributed by atoms with E-state index in [2.05, 4.69) is 5.32 Å². The van der Waals surface area contributed by atoms with Crippen molar-refractivity contribution in [1.82, 2.24) is 0 Å². The molecule has 154 valence electrons. The van der Waals surface area contributed by atoms with Gasteiger partial charge in [-0.05, 0) is 41.8 Å². The van der Waals surface area contributed by atoms with E-state index in [1.54, 1.807) is 36.4 Å². The van der Waals surface area contributed by atoms with Crippen molar-refractivity contribution in [3.63, 3.8) is 0 Å². The van der Waals surface area contributed by atoms with Gasteiger partial charge in [-0.25, -0.2) is 4.79 Å². The summed E-state index contributed by atoms with van der Waals surface area (Å²) < 4.78 is 4.90. The van der Waals surface area contributed by atoms with Gasteiger partial charge in [-0.2, -0.15) is 0 Å². The van der Waals surface area contributed by atoms with Crippen molar-refractivity contribution in [3.05, 3.63) is 54.1 Å². The third-order valence-electron chi connectivity index (χ3n) is 4.13. The lowest BCUT2D eigenvalue weighted by molar-refractivity contribution is -0.122. The first-order chi connectivity index (χ1) is 13.8. The van der Waals surface area contributed by atoms with Crippen LogP contribution in [-0.4, -0.2) is 36.2 Å². The molecule has 4 N–H and O–H groups in total. The monoisotopic (exact) mass is 399 g/mol. The van der Waals surface area contributed by atoms with Gasteiger partial charge in [-0.15, -0.1) is 0 Å². The van der Waals surface area contributed by atoms with Crippen LogP contribution in [-0.2, 0) is 9.59 Å². The number of anilines is 2. The molecule has 8 heteroatoms. The Morgan fingerprint density at radius 1 is 1.14 bits per heavy atom. The smallest absolute Gasteiger partial charge is 0.409 e. The van der Waals surface area contributed by atoms with Crippen LogP contribution >= 0.6 is 0 Å². The van der Waals surface area contributed by atoms with E-state index in [4.69, 9.17) is 15.6 Å². The van der Waals surface area contributed by atoms with Gasteiger partial charge < -0.3 is 25.8 Å². The molecule has 0 saturated heterocycles. The number of aliphatic hydroxyl groups excluding tert-OH is 1. The maximum atomic E-state index is 12.7. The summed E-state index contributed by atoms with van der Waals surface area (Å²) in [6.07, 6.45) is -1.00. The summed E-state index contributed by atoms with van der Waals surface area (Å²) in [4.78, 5) is 37.3. The summed E-state index contributed by atoms with van der Waals surface area (Å²) >= 11 is 0. The van der Waals surface area contributed by atoms with E-state index >= 15 is 0 Å². The molecule has 2 aromatic carbocycles. The first kappa shape index (κ1) is 21.9. The number of amides is 3. The van der Waals surface area contributed by atoms with E-state index in [1.165, 1.54) is 11.0 Å². The predicted molar refractivity (Wildman–Crippen MR) is 110 cm³/mol. The second-order valence-electron chi connectivity index (χ2n) is 6.66. The van der Waals surface area contributed by atoms with Crippen LogP contribution < -0.4 is 20.7 Å². The molecule has 8 nitrogen and oxygen atoms in total. The molecule has 0 heterocycles. The van der Waals surface area contributed by atoms with Crippen molar-refractivity contribution in [2.45, 2.75) is 26.2 Å². The van der Waals surface area contributed by atoms with Gasteiger partial charge in [0.15, 0.2) is 0 Å². The van der Waals surface area contributed by atoms with Crippen molar-refractivity contribution in [2.24, 2.45) is 5.73 Å². The van der Waals surface area contributed by atoms with Crippen LogP contribution in [0.4, 0.5) is 16.2 Å². The topological polar surface area (TPSA) is 122 Å². The molecule has 0 aliphatic heterocycles. The Morgan fingerprint density at radius 2 is 1.83 bits per heavy atom. The number of rotatable bonds is 8. The van der Waals surface area contributed by atoms with Gasteiger partial charge in [0, 0.05) is 11.4 Å². The third kappa shape index (κ3) is 6.32. The molecule has 0 aliphatic rings. The highest BCUT2D eigenvalue weighted by Gasteiger charge is 2.20. The number of nitrogens with two attached hydrogens (primary N) is 1. The van der Waals surface area contributed by atoms with E-state index in [0.717, 1.165) is 5.56 Å². The number of hydrogen-bond donors (Lipinski definition) is 3. The Labute approximate surface area is 169 Å². The molecule has 0 fully saturated rings. The summed E-state index contributed by atoms with van der Waals surface area (Å²) in [5.74, 6) is -0.444. The number of benzene rings is 2. The molecule has 0 atom stereocenters. The first-order valence-corrected chi connectivity index (χ1v) is 9.19. The number of primary amides is 1. The largest absolute Gasteiger partial charge is 0.410 e. The van der Waals surface area contributed by atoms with E-state index in [9.17, 15) is 14.4 Å². The average Bonchev–Trinajstić information content (AvgIpc) is 2.67. The second-order valence-corrected chi connectivity index (χ2v) is 6.66. The summed E-state index contributed by atoms with van der Waals surface area (Å²) in [7, 11) is 0. The van der Waals surface area contributed by atoms with Crippen LogP contribution in [0.25, 0.3) is 0 Å². The van der Waals surface area contributed by atoms with Gasteiger partial charge in [-0.1, -0.05) is 32.0 Å². The Bertz CT molecular complexity index is 868. The van der Waals surface area contributed by atoms with Crippen LogP contribution in [0.15, 0.2) is 48.5 Å². The highest BCUT2D eigenvalue weighted by molar-refractivity contribution is 6.02. The van der Waals surface area contributed by atoms with E-state index in [-0.39, 0.29) is 37.1 Å². The fraction of sp³-hybridized carbons (Fsp3) is 0.286. The van der Waals surface area contributed by atoms with Crippen LogP contribution in [0.1, 0.15) is 31.7 Å². The molecule has 0 bridgehead atoms. The predicted octanol–water partition coefficient (Wildman–Crippen LogP) is 2.62. The van der Waals surface area contributed by atoms with Gasteiger partial charge in [0.05, 0.1) is 13.0 Å². The number of aliphatic hydroxyl groups is 1. The molecular weight excluding hydrogens is 374 g/mol. The van der Waals surface area contributed by atoms with E-state index in [1.807, 2.05) is 19.9 Å². The maximum Gasteiger partial charge on any atom is 0.409 e. The number of nitrogens with zero attached hydrogens (tertiary/aromatic N) is 1. The SMILES string of the molecule is CC(C)c1cc(OC(N)=O)ccc1NC(=O)CN(C(=O)CCO)c1ccccc1. The van der Waals surface area contributed by atoms with Crippen LogP contribution in [0, 0.1) is 0 Å². The molecule has 0 unspecified atom stereocenters. The van der Waals surface area contributed by atoms with Gasteiger partial charge in [0.25, 0.3) is 0 Å². The lowest BCUT2D eigenvalue weighted by Crippen LogP contribution is -2.38. The molecule has 0 aromatic heterocycles. The third-order valence-corrected chi connectivity index (χ3v) is 4.13. The molecule has 2 rings (SSSR count). The normalized spacial score (nSPS) is 10.5. The van der Waals surface area contributed by atoms with Crippen molar-refractivity contribution in [3.8, 4) is 5.75 Å². The standard InChI is InChI=1S/C21H25N3O5/c1-14(2)17-12-16(29-21(22)28)8-9-18(17)23-19(26)13-24(20(27)10-11-25)15-6-4-3-5-7-15/h3-9,12,14,25H,10-11,13H2,1-2H3,(H2,22,28)(H,23,26). The lowest BCUT2D eigenvalue weighted by Gasteiger charge is -2.23. The highest BCUT2D eigenvalue weighted by Crippen LogP contribution is 2.29. The molecule has 0 saturated carbocycles. The van der Waals surface area contributed by atoms with Gasteiger partial charge in [0.2, 0.25) is 11.8 Å². The zero-order chi connectivity index (χ0) is 21.4. The summed E-state index contributed by atoms with van der Waals surface area (Å²) in [5.41, 5.74) is 6.91. The first-order valence-electron chi connectivity index (χ1n) is 9.19. The molecule has 0 spiro atoms. The quantitative estimate of drug-likeness (QED) is 0.630. The number of carbonyl (C=O) groups is 3. The minimum Gasteiger partial charge on any atom is -0.410 e. The molecule has 0 radical (unpaired) electrons. The molecule has 3 amide bonds. The van der Waals surface area contributed by atoms with Crippen LogP contribution in [0.3, 0.4) is 0 Å². The zero-order valence-electron chi connectivity index (χ0n) is 16.4. The van der Waals surface area contributed by atoms with Crippen molar-refractivity contribution >= 4 is 29.3 Å². The van der Waals surface area contributed by atoms with E-state index < -0.39 is 12.0 Å². The zero-order valence-corrected chi connectivity index (χ0v) is 16.4. The Balaban J connectivity index is 2.21. The van der Waals surface area contributed by atoms with Gasteiger partial charge in [-0.3, -0.25) is 9.59 Å². The Kier molecular flexibility index (Phi) is 7.73. The van der Waals surface area contributed by atoms with Crippen molar-refractivity contribution in [1.29, 1.82) is 0 Å². The molecule has 29 heavy (non-hydrogen) atoms. The number of ether oxygens (including phenoxy) is 1. The second kappa shape index (κ2) is 10.2. The fourth-order valence-electron chi connectivity index (χ4n) is 2.81.